The molecule has 0 aromatic heterocycles. The van der Waals surface area contributed by atoms with E-state index in [9.17, 15) is 0 Å². The number of hydrazone groups is 1. The number of hydrogen-bond donors (Lipinski definition) is 0. The Labute approximate surface area is 112 Å². The third-order valence-electron chi connectivity index (χ3n) is 2.90. The fraction of sp³-hybridized carbons (Fsp3) is 0.462. The highest BCUT2D eigenvalue weighted by atomic mass is 35.5. The lowest BCUT2D eigenvalue weighted by Crippen LogP contribution is -2.18. The second-order valence-corrected chi connectivity index (χ2v) is 5.12. The molecule has 1 saturated heterocycles. The van der Waals surface area contributed by atoms with Gasteiger partial charge < -0.3 is 0 Å². The summed E-state index contributed by atoms with van der Waals surface area (Å²) in [6.07, 6.45) is 6.87. The lowest BCUT2D eigenvalue weighted by atomic mass is 10.2. The quantitative estimate of drug-likeness (QED) is 0.736. The maximum Gasteiger partial charge on any atom is 0.0558 e. The molecular formula is C13H16Cl2N2. The van der Waals surface area contributed by atoms with Crippen LogP contribution in [0.5, 0.6) is 0 Å². The normalized spacial score (nSPS) is 17.4. The maximum atomic E-state index is 6.08. The summed E-state index contributed by atoms with van der Waals surface area (Å²) in [4.78, 5) is 0. The van der Waals surface area contributed by atoms with Crippen molar-refractivity contribution >= 4 is 29.4 Å². The molecule has 0 saturated carbocycles. The number of benzene rings is 1. The van der Waals surface area contributed by atoms with Gasteiger partial charge in [-0.2, -0.15) is 5.10 Å². The van der Waals surface area contributed by atoms with E-state index in [-0.39, 0.29) is 0 Å². The molecule has 1 aliphatic heterocycles. The predicted molar refractivity (Wildman–Crippen MR) is 74.1 cm³/mol. The summed E-state index contributed by atoms with van der Waals surface area (Å²) in [6, 6.07) is 5.42. The van der Waals surface area contributed by atoms with Gasteiger partial charge in [0.15, 0.2) is 0 Å². The first-order valence-corrected chi connectivity index (χ1v) is 6.75. The standard InChI is InChI=1S/C13H16Cl2N2/c14-12-5-6-13(15)11(9-12)10-16-17-7-3-1-2-4-8-17/h5-6,9-10H,1-4,7-8H2/b16-10-. The van der Waals surface area contributed by atoms with E-state index in [1.807, 2.05) is 6.07 Å². The number of nitrogens with zero attached hydrogens (tertiary/aromatic N) is 2. The fourth-order valence-electron chi connectivity index (χ4n) is 1.93. The zero-order chi connectivity index (χ0) is 12.1. The molecular weight excluding hydrogens is 255 g/mol. The van der Waals surface area contributed by atoms with E-state index in [1.54, 1.807) is 18.3 Å². The van der Waals surface area contributed by atoms with Crippen molar-refractivity contribution in [1.29, 1.82) is 0 Å². The van der Waals surface area contributed by atoms with Gasteiger partial charge in [0.2, 0.25) is 0 Å². The molecule has 1 fully saturated rings. The van der Waals surface area contributed by atoms with Crippen LogP contribution in [0.4, 0.5) is 0 Å². The maximum absolute atomic E-state index is 6.08. The molecule has 0 N–H and O–H groups in total. The second-order valence-electron chi connectivity index (χ2n) is 4.28. The van der Waals surface area contributed by atoms with Gasteiger partial charge in [-0.3, -0.25) is 5.01 Å². The van der Waals surface area contributed by atoms with Crippen molar-refractivity contribution < 1.29 is 0 Å². The van der Waals surface area contributed by atoms with Crippen molar-refractivity contribution in [2.75, 3.05) is 13.1 Å². The van der Waals surface area contributed by atoms with Crippen LogP contribution in [-0.4, -0.2) is 24.3 Å². The Kier molecular flexibility index (Phi) is 4.69. The van der Waals surface area contributed by atoms with Gasteiger partial charge in [-0.25, -0.2) is 0 Å². The number of hydrogen-bond acceptors (Lipinski definition) is 2. The second kappa shape index (κ2) is 6.27. The molecule has 0 unspecified atom stereocenters. The zero-order valence-corrected chi connectivity index (χ0v) is 11.2. The molecule has 4 heteroatoms. The van der Waals surface area contributed by atoms with Crippen molar-refractivity contribution in [3.8, 4) is 0 Å². The molecule has 1 aromatic rings. The van der Waals surface area contributed by atoms with E-state index in [0.29, 0.717) is 10.0 Å². The van der Waals surface area contributed by atoms with Gasteiger partial charge in [-0.05, 0) is 31.0 Å². The Bertz CT molecular complexity index is 396. The Morgan fingerprint density at radius 1 is 1.06 bits per heavy atom. The van der Waals surface area contributed by atoms with Crippen molar-refractivity contribution in [2.45, 2.75) is 25.7 Å². The Hall–Kier alpha value is -0.730. The zero-order valence-electron chi connectivity index (χ0n) is 9.70. The summed E-state index contributed by atoms with van der Waals surface area (Å²) in [5, 5.41) is 7.97. The van der Waals surface area contributed by atoms with Gasteiger partial charge in [-0.1, -0.05) is 36.0 Å². The van der Waals surface area contributed by atoms with Crippen molar-refractivity contribution in [3.05, 3.63) is 33.8 Å². The molecule has 1 aromatic carbocycles. The Morgan fingerprint density at radius 2 is 1.76 bits per heavy atom. The monoisotopic (exact) mass is 270 g/mol. The van der Waals surface area contributed by atoms with E-state index in [2.05, 4.69) is 10.1 Å². The average Bonchev–Trinajstić information content (AvgIpc) is 2.59. The first-order chi connectivity index (χ1) is 8.25. The molecule has 0 atom stereocenters. The fourth-order valence-corrected chi connectivity index (χ4v) is 2.27. The van der Waals surface area contributed by atoms with Crippen LogP contribution in [0.15, 0.2) is 23.3 Å². The highest BCUT2D eigenvalue weighted by Crippen LogP contribution is 2.19. The van der Waals surface area contributed by atoms with E-state index in [4.69, 9.17) is 23.2 Å². The van der Waals surface area contributed by atoms with Crippen LogP contribution in [0.3, 0.4) is 0 Å². The molecule has 0 spiro atoms. The molecule has 0 bridgehead atoms. The molecule has 1 aliphatic rings. The van der Waals surface area contributed by atoms with Crippen LogP contribution in [0, 0.1) is 0 Å². The Morgan fingerprint density at radius 3 is 2.47 bits per heavy atom. The summed E-state index contributed by atoms with van der Waals surface area (Å²) >= 11 is 12.0. The molecule has 1 heterocycles. The summed E-state index contributed by atoms with van der Waals surface area (Å²) in [7, 11) is 0. The third-order valence-corrected chi connectivity index (χ3v) is 3.48. The molecule has 2 nitrogen and oxygen atoms in total. The molecule has 92 valence electrons. The van der Waals surface area contributed by atoms with E-state index < -0.39 is 0 Å². The lowest BCUT2D eigenvalue weighted by Gasteiger charge is -2.15. The van der Waals surface area contributed by atoms with E-state index in [1.165, 1.54) is 25.7 Å². The lowest BCUT2D eigenvalue weighted by molar-refractivity contribution is 0.302. The van der Waals surface area contributed by atoms with Gasteiger partial charge in [-0.15, -0.1) is 0 Å². The van der Waals surface area contributed by atoms with Crippen LogP contribution >= 0.6 is 23.2 Å². The highest BCUT2D eigenvalue weighted by molar-refractivity contribution is 6.35. The van der Waals surface area contributed by atoms with E-state index in [0.717, 1.165) is 18.7 Å². The van der Waals surface area contributed by atoms with Crippen LogP contribution in [0.2, 0.25) is 10.0 Å². The third kappa shape index (κ3) is 3.90. The SMILES string of the molecule is Clc1ccc(Cl)c(/C=N\N2CCCCCC2)c1. The minimum Gasteiger partial charge on any atom is -0.297 e. The van der Waals surface area contributed by atoms with Crippen molar-refractivity contribution in [3.63, 3.8) is 0 Å². The van der Waals surface area contributed by atoms with Gasteiger partial charge >= 0.3 is 0 Å². The molecule has 0 aliphatic carbocycles. The molecule has 0 radical (unpaired) electrons. The summed E-state index contributed by atoms with van der Waals surface area (Å²) in [6.45, 7) is 2.07. The minimum atomic E-state index is 0.687. The molecule has 2 rings (SSSR count). The minimum absolute atomic E-state index is 0.687. The van der Waals surface area contributed by atoms with Crippen molar-refractivity contribution in [2.24, 2.45) is 5.10 Å². The van der Waals surface area contributed by atoms with Gasteiger partial charge in [0.1, 0.15) is 0 Å². The Balaban J connectivity index is 2.05. The number of rotatable bonds is 2. The summed E-state index contributed by atoms with van der Waals surface area (Å²) in [5.74, 6) is 0. The predicted octanol–water partition coefficient (Wildman–Crippen LogP) is 4.20. The van der Waals surface area contributed by atoms with Crippen molar-refractivity contribution in [1.82, 2.24) is 5.01 Å². The average molecular weight is 271 g/mol. The highest BCUT2D eigenvalue weighted by Gasteiger charge is 2.05. The van der Waals surface area contributed by atoms with E-state index >= 15 is 0 Å². The van der Waals surface area contributed by atoms with Gasteiger partial charge in [0.25, 0.3) is 0 Å². The smallest absolute Gasteiger partial charge is 0.0558 e. The topological polar surface area (TPSA) is 15.6 Å². The first kappa shape index (κ1) is 12.7. The largest absolute Gasteiger partial charge is 0.297 e. The molecule has 17 heavy (non-hydrogen) atoms. The summed E-state index contributed by atoms with van der Waals surface area (Å²) in [5.41, 5.74) is 0.878. The summed E-state index contributed by atoms with van der Waals surface area (Å²) < 4.78 is 0. The number of halogens is 2. The first-order valence-electron chi connectivity index (χ1n) is 6.00. The van der Waals surface area contributed by atoms with Crippen LogP contribution in [0.1, 0.15) is 31.2 Å². The van der Waals surface area contributed by atoms with Gasteiger partial charge in [0.05, 0.1) is 6.21 Å². The van der Waals surface area contributed by atoms with Crippen LogP contribution in [0.25, 0.3) is 0 Å². The molecule has 0 amide bonds. The van der Waals surface area contributed by atoms with Crippen LogP contribution < -0.4 is 0 Å². The van der Waals surface area contributed by atoms with Crippen LogP contribution in [-0.2, 0) is 0 Å². The van der Waals surface area contributed by atoms with Gasteiger partial charge in [0, 0.05) is 28.7 Å².